The van der Waals surface area contributed by atoms with Gasteiger partial charge < -0.3 is 14.4 Å². The molecule has 9 heteroatoms. The Bertz CT molecular complexity index is 937. The van der Waals surface area contributed by atoms with E-state index in [0.29, 0.717) is 35.0 Å². The molecule has 0 saturated carbocycles. The predicted molar refractivity (Wildman–Crippen MR) is 114 cm³/mol. The van der Waals surface area contributed by atoms with E-state index in [9.17, 15) is 8.42 Å². The molecule has 0 N–H and O–H groups in total. The molecule has 0 amide bonds. The van der Waals surface area contributed by atoms with Crippen LogP contribution in [0.25, 0.3) is 0 Å². The number of rotatable bonds is 5. The van der Waals surface area contributed by atoms with Gasteiger partial charge in [0.25, 0.3) is 0 Å². The number of hydrogen-bond donors (Lipinski definition) is 0. The van der Waals surface area contributed by atoms with Gasteiger partial charge in [0, 0.05) is 30.8 Å². The second-order valence-corrected chi connectivity index (χ2v) is 10.5. The van der Waals surface area contributed by atoms with E-state index in [-0.39, 0.29) is 0 Å². The maximum Gasteiger partial charge on any atom is 0.225 e. The first-order chi connectivity index (χ1) is 14.4. The minimum Gasteiger partial charge on any atom is -0.348 e. The van der Waals surface area contributed by atoms with Crippen molar-refractivity contribution in [3.8, 4) is 0 Å². The van der Waals surface area contributed by atoms with Gasteiger partial charge in [0.15, 0.2) is 16.1 Å². The van der Waals surface area contributed by atoms with Gasteiger partial charge in [-0.2, -0.15) is 0 Å². The van der Waals surface area contributed by atoms with Gasteiger partial charge in [0.1, 0.15) is 0 Å². The summed E-state index contributed by atoms with van der Waals surface area (Å²) in [6.45, 7) is 3.18. The molecule has 2 aromatic rings. The highest BCUT2D eigenvalue weighted by Crippen LogP contribution is 2.31. The molecule has 7 nitrogen and oxygen atoms in total. The monoisotopic (exact) mass is 451 g/mol. The molecule has 2 aliphatic rings. The van der Waals surface area contributed by atoms with E-state index in [4.69, 9.17) is 21.1 Å². The zero-order valence-corrected chi connectivity index (χ0v) is 18.5. The van der Waals surface area contributed by atoms with Gasteiger partial charge in [-0.05, 0) is 37.3 Å². The van der Waals surface area contributed by atoms with Gasteiger partial charge in [0.05, 0.1) is 35.5 Å². The minimum absolute atomic E-state index is 0.301. The Morgan fingerprint density at radius 3 is 2.20 bits per heavy atom. The lowest BCUT2D eigenvalue weighted by Crippen LogP contribution is -2.37. The lowest BCUT2D eigenvalue weighted by molar-refractivity contribution is -0.207. The summed E-state index contributed by atoms with van der Waals surface area (Å²) in [5.74, 6) is 1.75. The van der Waals surface area contributed by atoms with Crippen LogP contribution in [0.3, 0.4) is 0 Å². The molecule has 3 heterocycles. The fourth-order valence-corrected chi connectivity index (χ4v) is 4.78. The van der Waals surface area contributed by atoms with E-state index >= 15 is 0 Å². The van der Waals surface area contributed by atoms with Crippen LogP contribution in [0.5, 0.6) is 0 Å². The second-order valence-electron chi connectivity index (χ2n) is 8.07. The van der Waals surface area contributed by atoms with Crippen molar-refractivity contribution in [3.05, 3.63) is 47.2 Å². The lowest BCUT2D eigenvalue weighted by Gasteiger charge is -2.35. The molecule has 4 rings (SSSR count). The highest BCUT2D eigenvalue weighted by Gasteiger charge is 2.28. The summed E-state index contributed by atoms with van der Waals surface area (Å²) in [5, 5.41) is 0.551. The van der Waals surface area contributed by atoms with Crippen LogP contribution in [-0.2, 0) is 19.3 Å². The zero-order chi connectivity index (χ0) is 21.1. The van der Waals surface area contributed by atoms with Crippen molar-refractivity contribution in [1.29, 1.82) is 0 Å². The fraction of sp³-hybridized carbons (Fsp3) is 0.524. The Hall–Kier alpha value is -1.74. The van der Waals surface area contributed by atoms with Crippen LogP contribution in [0.2, 0.25) is 5.02 Å². The number of ether oxygens (including phenoxy) is 2. The summed E-state index contributed by atoms with van der Waals surface area (Å²) in [6, 6.07) is 6.72. The molecule has 0 atom stereocenters. The molecule has 0 radical (unpaired) electrons. The Kier molecular flexibility index (Phi) is 6.57. The molecule has 0 bridgehead atoms. The normalized spacial score (nSPS) is 23.5. The number of hydrogen-bond acceptors (Lipinski definition) is 7. The number of sulfone groups is 1. The first kappa shape index (κ1) is 21.5. The van der Waals surface area contributed by atoms with Crippen molar-refractivity contribution < 1.29 is 17.9 Å². The third-order valence-electron chi connectivity index (χ3n) is 5.72. The zero-order valence-electron chi connectivity index (χ0n) is 16.9. The summed E-state index contributed by atoms with van der Waals surface area (Å²) in [5.41, 5.74) is 0.845. The van der Waals surface area contributed by atoms with Crippen molar-refractivity contribution in [2.75, 3.05) is 37.5 Å². The average molecular weight is 452 g/mol. The molecule has 2 saturated heterocycles. The SMILES string of the molecule is CS(=O)(=O)c1ccc(C2OCC(CC3CCN(c4ncc(Cl)cn4)CC3)CO2)cc1. The third-order valence-corrected chi connectivity index (χ3v) is 7.04. The van der Waals surface area contributed by atoms with Gasteiger partial charge in [-0.3, -0.25) is 0 Å². The molecule has 162 valence electrons. The van der Waals surface area contributed by atoms with E-state index < -0.39 is 16.1 Å². The molecular weight excluding hydrogens is 426 g/mol. The minimum atomic E-state index is -3.20. The number of aromatic nitrogens is 2. The molecular formula is C21H26ClN3O4S. The number of halogens is 1. The van der Waals surface area contributed by atoms with E-state index in [1.54, 1.807) is 36.7 Å². The van der Waals surface area contributed by atoms with E-state index in [2.05, 4.69) is 14.9 Å². The molecule has 1 aromatic carbocycles. The van der Waals surface area contributed by atoms with Crippen LogP contribution in [0.15, 0.2) is 41.6 Å². The topological polar surface area (TPSA) is 81.6 Å². The lowest BCUT2D eigenvalue weighted by atomic mass is 9.87. The molecule has 30 heavy (non-hydrogen) atoms. The molecule has 0 unspecified atom stereocenters. The highest BCUT2D eigenvalue weighted by atomic mass is 35.5. The van der Waals surface area contributed by atoms with Gasteiger partial charge >= 0.3 is 0 Å². The largest absolute Gasteiger partial charge is 0.348 e. The number of nitrogens with zero attached hydrogens (tertiary/aromatic N) is 3. The first-order valence-corrected chi connectivity index (χ1v) is 12.4. The third kappa shape index (κ3) is 5.29. The number of benzene rings is 1. The van der Waals surface area contributed by atoms with Crippen molar-refractivity contribution in [2.45, 2.75) is 30.4 Å². The van der Waals surface area contributed by atoms with Gasteiger partial charge in [-0.25, -0.2) is 18.4 Å². The van der Waals surface area contributed by atoms with Gasteiger partial charge in [-0.1, -0.05) is 23.7 Å². The fourth-order valence-electron chi connectivity index (χ4n) is 4.05. The van der Waals surface area contributed by atoms with Crippen LogP contribution >= 0.6 is 11.6 Å². The Morgan fingerprint density at radius 1 is 1.03 bits per heavy atom. The Labute approximate surface area is 182 Å². The molecule has 2 aliphatic heterocycles. The summed E-state index contributed by atoms with van der Waals surface area (Å²) in [6.07, 6.45) is 7.31. The van der Waals surface area contributed by atoms with Crippen molar-refractivity contribution in [2.24, 2.45) is 11.8 Å². The average Bonchev–Trinajstić information content (AvgIpc) is 2.75. The molecule has 0 aliphatic carbocycles. The molecule has 1 aromatic heterocycles. The van der Waals surface area contributed by atoms with Crippen LogP contribution < -0.4 is 4.90 Å². The van der Waals surface area contributed by atoms with E-state index in [0.717, 1.165) is 43.9 Å². The van der Waals surface area contributed by atoms with Gasteiger partial charge in [-0.15, -0.1) is 0 Å². The van der Waals surface area contributed by atoms with Crippen LogP contribution in [-0.4, -0.2) is 50.9 Å². The van der Waals surface area contributed by atoms with Crippen LogP contribution in [0.4, 0.5) is 5.95 Å². The molecule has 2 fully saturated rings. The Balaban J connectivity index is 1.23. The van der Waals surface area contributed by atoms with Crippen molar-refractivity contribution in [1.82, 2.24) is 9.97 Å². The summed E-state index contributed by atoms with van der Waals surface area (Å²) < 4.78 is 35.0. The summed E-state index contributed by atoms with van der Waals surface area (Å²) >= 11 is 5.87. The van der Waals surface area contributed by atoms with Crippen LogP contribution in [0.1, 0.15) is 31.1 Å². The second kappa shape index (κ2) is 9.18. The van der Waals surface area contributed by atoms with Crippen molar-refractivity contribution >= 4 is 27.4 Å². The standard InChI is InChI=1S/C21H26ClN3O4S/c1-30(26,27)19-4-2-17(3-5-19)20-28-13-16(14-29-20)10-15-6-8-25(9-7-15)21-23-11-18(22)12-24-21/h2-5,11-12,15-16,20H,6-10,13-14H2,1H3. The number of piperidine rings is 1. The first-order valence-electron chi connectivity index (χ1n) is 10.1. The maximum absolute atomic E-state index is 11.6. The number of anilines is 1. The smallest absolute Gasteiger partial charge is 0.225 e. The van der Waals surface area contributed by atoms with Gasteiger partial charge in [0.2, 0.25) is 5.95 Å². The summed E-state index contributed by atoms with van der Waals surface area (Å²) in [7, 11) is -3.20. The van der Waals surface area contributed by atoms with Crippen molar-refractivity contribution in [3.63, 3.8) is 0 Å². The predicted octanol–water partition coefficient (Wildman–Crippen LogP) is 3.50. The quantitative estimate of drug-likeness (QED) is 0.688. The van der Waals surface area contributed by atoms with E-state index in [1.807, 2.05) is 0 Å². The highest BCUT2D eigenvalue weighted by molar-refractivity contribution is 7.90. The maximum atomic E-state index is 11.6. The summed E-state index contributed by atoms with van der Waals surface area (Å²) in [4.78, 5) is 11.1. The van der Waals surface area contributed by atoms with Crippen LogP contribution in [0, 0.1) is 11.8 Å². The molecule has 0 spiro atoms. The Morgan fingerprint density at radius 2 is 1.63 bits per heavy atom. The van der Waals surface area contributed by atoms with E-state index in [1.165, 1.54) is 6.26 Å².